The molecule has 0 aliphatic rings. The van der Waals surface area contributed by atoms with Crippen LogP contribution in [0.4, 0.5) is 0 Å². The van der Waals surface area contributed by atoms with Crippen molar-refractivity contribution in [2.75, 3.05) is 13.7 Å². The molecule has 0 N–H and O–H groups in total. The fraction of sp³-hybridized carbons (Fsp3) is 0.235. The fourth-order valence-electron chi connectivity index (χ4n) is 1.94. The Morgan fingerprint density at radius 3 is 2.57 bits per heavy atom. The Balaban J connectivity index is 1.99. The molecular weight excluding hydrogens is 266 g/mol. The van der Waals surface area contributed by atoms with Gasteiger partial charge in [-0.1, -0.05) is 12.7 Å². The summed E-state index contributed by atoms with van der Waals surface area (Å²) in [5.41, 5.74) is 0.617. The second-order valence-electron chi connectivity index (χ2n) is 4.80. The molecule has 4 heteroatoms. The van der Waals surface area contributed by atoms with Gasteiger partial charge in [0.05, 0.1) is 6.54 Å². The lowest BCUT2D eigenvalue weighted by molar-refractivity contribution is 0.0775. The molecule has 1 heterocycles. The van der Waals surface area contributed by atoms with E-state index < -0.39 is 0 Å². The van der Waals surface area contributed by atoms with E-state index in [2.05, 4.69) is 6.58 Å². The average Bonchev–Trinajstić information content (AvgIpc) is 2.90. The first-order valence-electron chi connectivity index (χ1n) is 6.74. The molecule has 0 aliphatic heterocycles. The normalized spacial score (nSPS) is 10.2. The van der Waals surface area contributed by atoms with Gasteiger partial charge in [0, 0.05) is 12.6 Å². The molecule has 21 heavy (non-hydrogen) atoms. The molecule has 0 spiro atoms. The van der Waals surface area contributed by atoms with Crippen LogP contribution in [0, 0.1) is 6.92 Å². The van der Waals surface area contributed by atoms with Gasteiger partial charge in [0.25, 0.3) is 5.91 Å². The number of ether oxygens (including phenoxy) is 1. The van der Waals surface area contributed by atoms with Gasteiger partial charge < -0.3 is 14.1 Å². The molecule has 1 aromatic heterocycles. The summed E-state index contributed by atoms with van der Waals surface area (Å²) < 4.78 is 10.9. The smallest absolute Gasteiger partial charge is 0.254 e. The van der Waals surface area contributed by atoms with Gasteiger partial charge >= 0.3 is 0 Å². The highest BCUT2D eigenvalue weighted by Gasteiger charge is 2.13. The summed E-state index contributed by atoms with van der Waals surface area (Å²) in [6.07, 6.45) is 1.68. The number of amides is 1. The summed E-state index contributed by atoms with van der Waals surface area (Å²) in [6.45, 7) is 6.37. The Labute approximate surface area is 124 Å². The number of rotatable bonds is 6. The molecule has 2 aromatic rings. The lowest BCUT2D eigenvalue weighted by Gasteiger charge is -2.16. The predicted molar refractivity (Wildman–Crippen MR) is 81.4 cm³/mol. The number of aryl methyl sites for hydroxylation is 1. The molecule has 0 saturated carbocycles. The van der Waals surface area contributed by atoms with Crippen molar-refractivity contribution < 1.29 is 13.9 Å². The van der Waals surface area contributed by atoms with E-state index in [-0.39, 0.29) is 5.91 Å². The van der Waals surface area contributed by atoms with E-state index in [9.17, 15) is 4.79 Å². The van der Waals surface area contributed by atoms with E-state index in [1.807, 2.05) is 19.1 Å². The van der Waals surface area contributed by atoms with Crippen LogP contribution in [0.5, 0.6) is 5.75 Å². The van der Waals surface area contributed by atoms with Crippen molar-refractivity contribution in [2.24, 2.45) is 0 Å². The van der Waals surface area contributed by atoms with Gasteiger partial charge in [-0.2, -0.15) is 0 Å². The van der Waals surface area contributed by atoms with Crippen molar-refractivity contribution in [3.05, 3.63) is 66.1 Å². The largest absolute Gasteiger partial charge is 0.490 e. The molecule has 0 atom stereocenters. The number of nitrogens with zero attached hydrogens (tertiary/aromatic N) is 1. The summed E-state index contributed by atoms with van der Waals surface area (Å²) in [4.78, 5) is 13.9. The lowest BCUT2D eigenvalue weighted by atomic mass is 10.2. The third kappa shape index (κ3) is 3.99. The van der Waals surface area contributed by atoms with E-state index in [1.165, 1.54) is 0 Å². The fourth-order valence-corrected chi connectivity index (χ4v) is 1.94. The van der Waals surface area contributed by atoms with Crippen molar-refractivity contribution in [3.8, 4) is 5.75 Å². The van der Waals surface area contributed by atoms with Crippen molar-refractivity contribution in [1.29, 1.82) is 0 Å². The molecule has 0 fully saturated rings. The minimum Gasteiger partial charge on any atom is -0.490 e. The third-order valence-corrected chi connectivity index (χ3v) is 3.00. The van der Waals surface area contributed by atoms with Crippen LogP contribution in [0.25, 0.3) is 0 Å². The van der Waals surface area contributed by atoms with E-state index in [0.29, 0.717) is 18.7 Å². The van der Waals surface area contributed by atoms with Gasteiger partial charge in [0.15, 0.2) is 0 Å². The maximum Gasteiger partial charge on any atom is 0.254 e. The Hall–Kier alpha value is -2.49. The van der Waals surface area contributed by atoms with Crippen LogP contribution in [0.1, 0.15) is 21.9 Å². The number of benzene rings is 1. The van der Waals surface area contributed by atoms with Crippen LogP contribution in [-0.2, 0) is 6.54 Å². The minimum absolute atomic E-state index is 0.0562. The van der Waals surface area contributed by atoms with Gasteiger partial charge in [0.1, 0.15) is 23.9 Å². The molecule has 0 saturated heterocycles. The lowest BCUT2D eigenvalue weighted by Crippen LogP contribution is -2.25. The van der Waals surface area contributed by atoms with Crippen LogP contribution < -0.4 is 4.74 Å². The van der Waals surface area contributed by atoms with Crippen LogP contribution in [0.15, 0.2) is 53.5 Å². The Morgan fingerprint density at radius 1 is 1.29 bits per heavy atom. The summed E-state index contributed by atoms with van der Waals surface area (Å²) >= 11 is 0. The molecular formula is C17H19NO3. The number of hydrogen-bond donors (Lipinski definition) is 0. The number of carbonyl (C=O) groups excluding carboxylic acids is 1. The Kier molecular flexibility index (Phi) is 4.82. The van der Waals surface area contributed by atoms with Crippen molar-refractivity contribution >= 4 is 5.91 Å². The predicted octanol–water partition coefficient (Wildman–Crippen LogP) is 3.43. The zero-order chi connectivity index (χ0) is 15.2. The zero-order valence-corrected chi connectivity index (χ0v) is 12.3. The van der Waals surface area contributed by atoms with E-state index in [1.54, 1.807) is 42.3 Å². The van der Waals surface area contributed by atoms with Gasteiger partial charge in [-0.15, -0.1) is 0 Å². The minimum atomic E-state index is -0.0562. The second kappa shape index (κ2) is 6.79. The van der Waals surface area contributed by atoms with Crippen molar-refractivity contribution in [1.82, 2.24) is 4.90 Å². The summed E-state index contributed by atoms with van der Waals surface area (Å²) in [5.74, 6) is 2.28. The van der Waals surface area contributed by atoms with E-state index >= 15 is 0 Å². The first-order valence-corrected chi connectivity index (χ1v) is 6.74. The molecule has 0 bridgehead atoms. The van der Waals surface area contributed by atoms with Crippen LogP contribution in [0.3, 0.4) is 0 Å². The molecule has 1 aromatic carbocycles. The monoisotopic (exact) mass is 285 g/mol. The number of carbonyl (C=O) groups is 1. The highest BCUT2D eigenvalue weighted by molar-refractivity contribution is 5.94. The van der Waals surface area contributed by atoms with Crippen LogP contribution >= 0.6 is 0 Å². The molecule has 0 aliphatic carbocycles. The topological polar surface area (TPSA) is 42.7 Å². The molecule has 110 valence electrons. The molecule has 2 rings (SSSR count). The van der Waals surface area contributed by atoms with E-state index in [4.69, 9.17) is 9.15 Å². The Morgan fingerprint density at radius 2 is 2.00 bits per heavy atom. The first-order chi connectivity index (χ1) is 10.1. The summed E-state index contributed by atoms with van der Waals surface area (Å²) in [6, 6.07) is 10.8. The maximum atomic E-state index is 12.3. The van der Waals surface area contributed by atoms with Crippen LogP contribution in [0.2, 0.25) is 0 Å². The van der Waals surface area contributed by atoms with E-state index in [0.717, 1.165) is 17.3 Å². The molecule has 4 nitrogen and oxygen atoms in total. The molecule has 0 unspecified atom stereocenters. The SMILES string of the molecule is C=CCOc1ccc(C(=O)N(C)Cc2ccc(C)o2)cc1. The zero-order valence-electron chi connectivity index (χ0n) is 12.3. The van der Waals surface area contributed by atoms with Gasteiger partial charge in [-0.05, 0) is 43.3 Å². The van der Waals surface area contributed by atoms with Crippen molar-refractivity contribution in [2.45, 2.75) is 13.5 Å². The van der Waals surface area contributed by atoms with Gasteiger partial charge in [0.2, 0.25) is 0 Å². The average molecular weight is 285 g/mol. The third-order valence-electron chi connectivity index (χ3n) is 3.00. The quantitative estimate of drug-likeness (QED) is 0.764. The highest BCUT2D eigenvalue weighted by Crippen LogP contribution is 2.15. The number of hydrogen-bond acceptors (Lipinski definition) is 3. The summed E-state index contributed by atoms with van der Waals surface area (Å²) in [7, 11) is 1.75. The highest BCUT2D eigenvalue weighted by atomic mass is 16.5. The second-order valence-corrected chi connectivity index (χ2v) is 4.80. The molecule has 1 amide bonds. The maximum absolute atomic E-state index is 12.3. The Bertz CT molecular complexity index is 613. The summed E-state index contributed by atoms with van der Waals surface area (Å²) in [5, 5.41) is 0. The number of furan rings is 1. The first kappa shape index (κ1) is 14.9. The van der Waals surface area contributed by atoms with Crippen LogP contribution in [-0.4, -0.2) is 24.5 Å². The van der Waals surface area contributed by atoms with Gasteiger partial charge in [-0.3, -0.25) is 4.79 Å². The molecule has 0 radical (unpaired) electrons. The van der Waals surface area contributed by atoms with Crippen molar-refractivity contribution in [3.63, 3.8) is 0 Å². The van der Waals surface area contributed by atoms with Gasteiger partial charge in [-0.25, -0.2) is 0 Å². The standard InChI is InChI=1S/C17H19NO3/c1-4-11-20-15-9-6-14(7-10-15)17(19)18(3)12-16-8-5-13(2)21-16/h4-10H,1,11-12H2,2-3H3.